The minimum Gasteiger partial charge on any atom is -0.380 e. The molecule has 4 rings (SSSR count). The molecule has 1 aromatic heterocycles. The van der Waals surface area contributed by atoms with Crippen molar-refractivity contribution in [2.24, 2.45) is 5.73 Å². The number of ether oxygens (including phenoxy) is 1. The second-order valence-corrected chi connectivity index (χ2v) is 7.44. The SMILES string of the molecule is NCc1cn(C2CCOC2)c2cc(NC3CCCCC3)c(F)cc2c1=O. The van der Waals surface area contributed by atoms with E-state index in [1.165, 1.54) is 25.3 Å². The van der Waals surface area contributed by atoms with E-state index in [-0.39, 0.29) is 23.8 Å². The van der Waals surface area contributed by atoms with E-state index in [0.717, 1.165) is 24.8 Å². The summed E-state index contributed by atoms with van der Waals surface area (Å²) in [7, 11) is 0. The summed E-state index contributed by atoms with van der Waals surface area (Å²) in [6, 6.07) is 3.61. The van der Waals surface area contributed by atoms with Crippen LogP contribution in [0.5, 0.6) is 0 Å². The normalized spacial score (nSPS) is 21.4. The van der Waals surface area contributed by atoms with Crippen LogP contribution in [0.25, 0.3) is 10.9 Å². The molecule has 1 saturated heterocycles. The lowest BCUT2D eigenvalue weighted by Crippen LogP contribution is -2.24. The average Bonchev–Trinajstić information content (AvgIpc) is 3.19. The Hall–Kier alpha value is -1.92. The number of nitrogens with two attached hydrogens (primary N) is 1. The fourth-order valence-electron chi connectivity index (χ4n) is 4.19. The largest absolute Gasteiger partial charge is 0.380 e. The number of rotatable bonds is 4. The van der Waals surface area contributed by atoms with Crippen LogP contribution in [0, 0.1) is 5.82 Å². The third-order valence-corrected chi connectivity index (χ3v) is 5.68. The fraction of sp³-hybridized carbons (Fsp3) is 0.550. The summed E-state index contributed by atoms with van der Waals surface area (Å²) in [6.45, 7) is 1.45. The number of benzene rings is 1. The third kappa shape index (κ3) is 3.23. The quantitative estimate of drug-likeness (QED) is 0.879. The molecule has 0 bridgehead atoms. The van der Waals surface area contributed by atoms with Crippen molar-refractivity contribution < 1.29 is 9.13 Å². The lowest BCUT2D eigenvalue weighted by molar-refractivity contribution is 0.187. The minimum atomic E-state index is -0.372. The van der Waals surface area contributed by atoms with Crippen LogP contribution < -0.4 is 16.5 Å². The Bertz CT molecular complexity index is 852. The molecule has 2 aromatic rings. The van der Waals surface area contributed by atoms with Gasteiger partial charge in [-0.2, -0.15) is 0 Å². The highest BCUT2D eigenvalue weighted by molar-refractivity contribution is 5.83. The van der Waals surface area contributed by atoms with E-state index in [2.05, 4.69) is 9.88 Å². The van der Waals surface area contributed by atoms with E-state index >= 15 is 0 Å². The number of hydrogen-bond acceptors (Lipinski definition) is 4. The van der Waals surface area contributed by atoms with Gasteiger partial charge in [-0.3, -0.25) is 4.79 Å². The summed E-state index contributed by atoms with van der Waals surface area (Å²) in [4.78, 5) is 12.7. The Kier molecular flexibility index (Phi) is 4.96. The standard InChI is InChI=1S/C20H26FN3O2/c21-17-8-16-19(9-18(17)23-14-4-2-1-3-5-14)24(15-6-7-26-12-15)11-13(10-22)20(16)25/h8-9,11,14-15,23H,1-7,10,12,22H2. The van der Waals surface area contributed by atoms with E-state index in [1.54, 1.807) is 6.07 Å². The number of pyridine rings is 1. The molecule has 1 atom stereocenters. The predicted octanol–water partition coefficient (Wildman–Crippen LogP) is 3.31. The van der Waals surface area contributed by atoms with Gasteiger partial charge in [0.15, 0.2) is 5.43 Å². The first-order valence-corrected chi connectivity index (χ1v) is 9.59. The van der Waals surface area contributed by atoms with Crippen LogP contribution in [0.1, 0.15) is 50.1 Å². The van der Waals surface area contributed by atoms with Gasteiger partial charge in [0, 0.05) is 36.3 Å². The Labute approximate surface area is 152 Å². The molecule has 1 saturated carbocycles. The molecule has 140 valence electrons. The summed E-state index contributed by atoms with van der Waals surface area (Å²) in [6.07, 6.45) is 8.44. The van der Waals surface area contributed by atoms with Crippen LogP contribution in [0.2, 0.25) is 0 Å². The third-order valence-electron chi connectivity index (χ3n) is 5.68. The maximum Gasteiger partial charge on any atom is 0.193 e. The van der Waals surface area contributed by atoms with Crippen molar-refractivity contribution in [3.8, 4) is 0 Å². The Balaban J connectivity index is 1.81. The molecule has 1 aromatic carbocycles. The van der Waals surface area contributed by atoms with Crippen LogP contribution in [0.15, 0.2) is 23.1 Å². The Morgan fingerprint density at radius 3 is 2.73 bits per heavy atom. The summed E-state index contributed by atoms with van der Waals surface area (Å²) < 4.78 is 22.3. The number of nitrogens with one attached hydrogen (secondary N) is 1. The van der Waals surface area contributed by atoms with Crippen molar-refractivity contribution in [2.75, 3.05) is 18.5 Å². The maximum atomic E-state index is 14.7. The smallest absolute Gasteiger partial charge is 0.193 e. The van der Waals surface area contributed by atoms with Crippen molar-refractivity contribution in [3.63, 3.8) is 0 Å². The van der Waals surface area contributed by atoms with Gasteiger partial charge < -0.3 is 20.4 Å². The minimum absolute atomic E-state index is 0.145. The first kappa shape index (κ1) is 17.5. The lowest BCUT2D eigenvalue weighted by atomic mass is 9.95. The zero-order valence-electron chi connectivity index (χ0n) is 15.0. The molecule has 0 amide bonds. The van der Waals surface area contributed by atoms with Crippen molar-refractivity contribution in [1.82, 2.24) is 4.57 Å². The molecule has 6 heteroatoms. The molecule has 3 N–H and O–H groups in total. The van der Waals surface area contributed by atoms with Gasteiger partial charge in [0.2, 0.25) is 0 Å². The predicted molar refractivity (Wildman–Crippen MR) is 101 cm³/mol. The van der Waals surface area contributed by atoms with Crippen molar-refractivity contribution in [3.05, 3.63) is 39.9 Å². The van der Waals surface area contributed by atoms with E-state index in [4.69, 9.17) is 10.5 Å². The highest BCUT2D eigenvalue weighted by Gasteiger charge is 2.22. The van der Waals surface area contributed by atoms with Gasteiger partial charge in [0.1, 0.15) is 5.82 Å². The van der Waals surface area contributed by atoms with E-state index in [1.807, 2.05) is 6.20 Å². The zero-order chi connectivity index (χ0) is 18.1. The Morgan fingerprint density at radius 2 is 2.04 bits per heavy atom. The topological polar surface area (TPSA) is 69.3 Å². The second kappa shape index (κ2) is 7.37. The number of nitrogens with zero attached hydrogens (tertiary/aromatic N) is 1. The molecular weight excluding hydrogens is 333 g/mol. The molecule has 2 aliphatic rings. The Morgan fingerprint density at radius 1 is 1.23 bits per heavy atom. The van der Waals surface area contributed by atoms with E-state index in [9.17, 15) is 9.18 Å². The van der Waals surface area contributed by atoms with Crippen LogP contribution in [0.3, 0.4) is 0 Å². The van der Waals surface area contributed by atoms with Gasteiger partial charge in [0.25, 0.3) is 0 Å². The van der Waals surface area contributed by atoms with E-state index in [0.29, 0.717) is 35.9 Å². The monoisotopic (exact) mass is 359 g/mol. The summed E-state index contributed by atoms with van der Waals surface area (Å²) in [5.41, 5.74) is 7.32. The molecule has 1 aliphatic heterocycles. The van der Waals surface area contributed by atoms with Crippen LogP contribution in [0.4, 0.5) is 10.1 Å². The van der Waals surface area contributed by atoms with Crippen LogP contribution >= 0.6 is 0 Å². The lowest BCUT2D eigenvalue weighted by Gasteiger charge is -2.25. The second-order valence-electron chi connectivity index (χ2n) is 7.44. The average molecular weight is 359 g/mol. The summed E-state index contributed by atoms with van der Waals surface area (Å²) in [5.74, 6) is -0.372. The molecule has 26 heavy (non-hydrogen) atoms. The number of aromatic nitrogens is 1. The van der Waals surface area contributed by atoms with Gasteiger partial charge >= 0.3 is 0 Å². The first-order valence-electron chi connectivity index (χ1n) is 9.59. The fourth-order valence-corrected chi connectivity index (χ4v) is 4.19. The highest BCUT2D eigenvalue weighted by Crippen LogP contribution is 2.29. The van der Waals surface area contributed by atoms with Gasteiger partial charge in [-0.1, -0.05) is 19.3 Å². The molecule has 1 unspecified atom stereocenters. The molecule has 1 aliphatic carbocycles. The number of anilines is 1. The first-order chi connectivity index (χ1) is 12.7. The molecule has 2 heterocycles. The van der Waals surface area contributed by atoms with E-state index < -0.39 is 0 Å². The van der Waals surface area contributed by atoms with Gasteiger partial charge in [-0.15, -0.1) is 0 Å². The van der Waals surface area contributed by atoms with Crippen molar-refractivity contribution >= 4 is 16.6 Å². The number of fused-ring (bicyclic) bond motifs is 1. The van der Waals surface area contributed by atoms with Gasteiger partial charge in [0.05, 0.1) is 23.9 Å². The summed E-state index contributed by atoms with van der Waals surface area (Å²) >= 11 is 0. The molecule has 2 fully saturated rings. The molecule has 0 radical (unpaired) electrons. The van der Waals surface area contributed by atoms with Crippen LogP contribution in [-0.4, -0.2) is 23.8 Å². The maximum absolute atomic E-state index is 14.7. The number of hydrogen-bond donors (Lipinski definition) is 2. The zero-order valence-corrected chi connectivity index (χ0v) is 15.0. The van der Waals surface area contributed by atoms with Crippen molar-refractivity contribution in [2.45, 2.75) is 57.2 Å². The highest BCUT2D eigenvalue weighted by atomic mass is 19.1. The van der Waals surface area contributed by atoms with Gasteiger partial charge in [-0.25, -0.2) is 4.39 Å². The van der Waals surface area contributed by atoms with Crippen LogP contribution in [-0.2, 0) is 11.3 Å². The number of halogens is 1. The molecular formula is C20H26FN3O2. The van der Waals surface area contributed by atoms with Gasteiger partial charge in [-0.05, 0) is 31.4 Å². The van der Waals surface area contributed by atoms with Crippen molar-refractivity contribution in [1.29, 1.82) is 0 Å². The molecule has 0 spiro atoms. The summed E-state index contributed by atoms with van der Waals surface area (Å²) in [5, 5.41) is 3.76. The molecule has 5 nitrogen and oxygen atoms in total.